The summed E-state index contributed by atoms with van der Waals surface area (Å²) in [7, 11) is 0. The van der Waals surface area contributed by atoms with E-state index in [0.29, 0.717) is 11.0 Å². The van der Waals surface area contributed by atoms with Gasteiger partial charge in [0.15, 0.2) is 0 Å². The van der Waals surface area contributed by atoms with Gasteiger partial charge < -0.3 is 5.32 Å². The number of nitrogens with one attached hydrogen (secondary N) is 1. The number of rotatable bonds is 3. The molecule has 1 aromatic rings. The van der Waals surface area contributed by atoms with Gasteiger partial charge in [0.1, 0.15) is 5.82 Å². The van der Waals surface area contributed by atoms with E-state index in [4.69, 9.17) is 11.6 Å². The summed E-state index contributed by atoms with van der Waals surface area (Å²) in [5.74, 6) is 0.472. The smallest absolute Gasteiger partial charge is 0.146 e. The molecule has 0 saturated carbocycles. The standard InChI is InChI=1S/C13H17ClFNS/c1-3-6-16-13-8(2)17-7-10-9(13)4-5-11(14)12(10)15/h4-5,8,13,16H,3,6-7H2,1-2H3. The fraction of sp³-hybridized carbons (Fsp3) is 0.538. The van der Waals surface area contributed by atoms with Crippen LogP contribution in [-0.4, -0.2) is 11.8 Å². The van der Waals surface area contributed by atoms with Gasteiger partial charge in [-0.1, -0.05) is 31.5 Å². The average molecular weight is 274 g/mol. The summed E-state index contributed by atoms with van der Waals surface area (Å²) in [6.45, 7) is 5.28. The van der Waals surface area contributed by atoms with Crippen LogP contribution in [0.15, 0.2) is 12.1 Å². The number of hydrogen-bond donors (Lipinski definition) is 1. The molecular weight excluding hydrogens is 257 g/mol. The molecule has 0 bridgehead atoms. The van der Waals surface area contributed by atoms with Crippen molar-refractivity contribution in [2.24, 2.45) is 0 Å². The summed E-state index contributed by atoms with van der Waals surface area (Å²) in [6.07, 6.45) is 1.08. The second-order valence-electron chi connectivity index (χ2n) is 4.38. The molecule has 94 valence electrons. The van der Waals surface area contributed by atoms with E-state index in [0.717, 1.165) is 24.1 Å². The molecule has 1 N–H and O–H groups in total. The van der Waals surface area contributed by atoms with Crippen LogP contribution in [0.3, 0.4) is 0 Å². The molecule has 1 aliphatic heterocycles. The molecule has 1 nitrogen and oxygen atoms in total. The Morgan fingerprint density at radius 3 is 3.00 bits per heavy atom. The first-order valence-electron chi connectivity index (χ1n) is 5.97. The van der Waals surface area contributed by atoms with Crippen LogP contribution in [0.1, 0.15) is 37.4 Å². The lowest BCUT2D eigenvalue weighted by molar-refractivity contribution is 0.512. The molecule has 1 aliphatic rings. The Morgan fingerprint density at radius 1 is 1.53 bits per heavy atom. The third-order valence-corrected chi connectivity index (χ3v) is 4.69. The molecule has 0 amide bonds. The Balaban J connectivity index is 2.34. The minimum absolute atomic E-state index is 0.230. The summed E-state index contributed by atoms with van der Waals surface area (Å²) >= 11 is 7.61. The highest BCUT2D eigenvalue weighted by atomic mass is 35.5. The molecule has 0 saturated heterocycles. The van der Waals surface area contributed by atoms with E-state index in [9.17, 15) is 4.39 Å². The predicted molar refractivity (Wildman–Crippen MR) is 73.2 cm³/mol. The molecule has 2 atom stereocenters. The number of halogens is 2. The maximum atomic E-state index is 13.9. The van der Waals surface area contributed by atoms with E-state index in [1.54, 1.807) is 17.8 Å². The molecule has 0 aromatic heterocycles. The molecule has 0 spiro atoms. The second-order valence-corrected chi connectivity index (χ2v) is 6.15. The molecule has 2 rings (SSSR count). The minimum Gasteiger partial charge on any atom is -0.309 e. The van der Waals surface area contributed by atoms with Crippen LogP contribution in [0.2, 0.25) is 5.02 Å². The van der Waals surface area contributed by atoms with Crippen LogP contribution in [0, 0.1) is 5.82 Å². The van der Waals surface area contributed by atoms with Gasteiger partial charge in [-0.3, -0.25) is 0 Å². The lowest BCUT2D eigenvalue weighted by Gasteiger charge is -2.32. The van der Waals surface area contributed by atoms with Crippen LogP contribution in [0.4, 0.5) is 4.39 Å². The van der Waals surface area contributed by atoms with Crippen molar-refractivity contribution in [2.45, 2.75) is 37.3 Å². The quantitative estimate of drug-likeness (QED) is 0.888. The van der Waals surface area contributed by atoms with Gasteiger partial charge in [-0.2, -0.15) is 11.8 Å². The van der Waals surface area contributed by atoms with Crippen LogP contribution >= 0.6 is 23.4 Å². The highest BCUT2D eigenvalue weighted by Crippen LogP contribution is 2.40. The fourth-order valence-electron chi connectivity index (χ4n) is 2.19. The van der Waals surface area contributed by atoms with Gasteiger partial charge in [0.2, 0.25) is 0 Å². The van der Waals surface area contributed by atoms with Gasteiger partial charge in [0.05, 0.1) is 5.02 Å². The van der Waals surface area contributed by atoms with Crippen molar-refractivity contribution in [3.05, 3.63) is 34.1 Å². The topological polar surface area (TPSA) is 12.0 Å². The SMILES string of the molecule is CCCNC1c2ccc(Cl)c(F)c2CSC1C. The van der Waals surface area contributed by atoms with E-state index < -0.39 is 0 Å². The third kappa shape index (κ3) is 2.61. The number of hydrogen-bond acceptors (Lipinski definition) is 2. The summed E-state index contributed by atoms with van der Waals surface area (Å²) in [4.78, 5) is 0. The molecule has 0 fully saturated rings. The summed E-state index contributed by atoms with van der Waals surface area (Å²) < 4.78 is 13.9. The van der Waals surface area contributed by atoms with Gasteiger partial charge in [-0.05, 0) is 24.6 Å². The van der Waals surface area contributed by atoms with E-state index in [1.807, 2.05) is 6.07 Å². The first-order chi connectivity index (χ1) is 8.15. The van der Waals surface area contributed by atoms with Crippen molar-refractivity contribution in [3.8, 4) is 0 Å². The normalized spacial score (nSPS) is 23.5. The Hall–Kier alpha value is -0.250. The number of fused-ring (bicyclic) bond motifs is 1. The van der Waals surface area contributed by atoms with Crippen molar-refractivity contribution < 1.29 is 4.39 Å². The van der Waals surface area contributed by atoms with Gasteiger partial charge >= 0.3 is 0 Å². The van der Waals surface area contributed by atoms with Crippen molar-refractivity contribution in [2.75, 3.05) is 6.54 Å². The largest absolute Gasteiger partial charge is 0.309 e. The van der Waals surface area contributed by atoms with Crippen LogP contribution in [0.5, 0.6) is 0 Å². The first kappa shape index (κ1) is 13.2. The molecular formula is C13H17ClFNS. The van der Waals surface area contributed by atoms with Crippen molar-refractivity contribution in [1.82, 2.24) is 5.32 Å². The molecule has 1 aromatic carbocycles. The highest BCUT2D eigenvalue weighted by Gasteiger charge is 2.29. The van der Waals surface area contributed by atoms with E-state index >= 15 is 0 Å². The Labute approximate surface area is 111 Å². The van der Waals surface area contributed by atoms with Crippen molar-refractivity contribution >= 4 is 23.4 Å². The maximum absolute atomic E-state index is 13.9. The van der Waals surface area contributed by atoms with Crippen molar-refractivity contribution in [1.29, 1.82) is 0 Å². The molecule has 4 heteroatoms. The minimum atomic E-state index is -0.244. The van der Waals surface area contributed by atoms with Gasteiger partial charge in [0.25, 0.3) is 0 Å². The Bertz CT molecular complexity index is 411. The zero-order valence-electron chi connectivity index (χ0n) is 10.1. The summed E-state index contributed by atoms with van der Waals surface area (Å²) in [5, 5.41) is 4.19. The van der Waals surface area contributed by atoms with E-state index in [1.165, 1.54) is 0 Å². The molecule has 0 radical (unpaired) electrons. The molecule has 0 aliphatic carbocycles. The van der Waals surface area contributed by atoms with Crippen molar-refractivity contribution in [3.63, 3.8) is 0 Å². The molecule has 2 unspecified atom stereocenters. The maximum Gasteiger partial charge on any atom is 0.146 e. The van der Waals surface area contributed by atoms with Gasteiger partial charge in [0, 0.05) is 22.6 Å². The monoisotopic (exact) mass is 273 g/mol. The average Bonchev–Trinajstić information content (AvgIpc) is 2.32. The van der Waals surface area contributed by atoms with E-state index in [2.05, 4.69) is 19.2 Å². The predicted octanol–water partition coefficient (Wildman–Crippen LogP) is 4.16. The molecule has 1 heterocycles. The van der Waals surface area contributed by atoms with Crippen LogP contribution in [0.25, 0.3) is 0 Å². The summed E-state index contributed by atoms with van der Waals surface area (Å²) in [6, 6.07) is 3.86. The van der Waals surface area contributed by atoms with E-state index in [-0.39, 0.29) is 16.9 Å². The van der Waals surface area contributed by atoms with Gasteiger partial charge in [-0.15, -0.1) is 0 Å². The Kier molecular flexibility index (Phi) is 4.34. The fourth-order valence-corrected chi connectivity index (χ4v) is 3.52. The third-order valence-electron chi connectivity index (χ3n) is 3.14. The highest BCUT2D eigenvalue weighted by molar-refractivity contribution is 7.99. The van der Waals surface area contributed by atoms with Gasteiger partial charge in [-0.25, -0.2) is 4.39 Å². The Morgan fingerprint density at radius 2 is 2.29 bits per heavy atom. The lowest BCUT2D eigenvalue weighted by Crippen LogP contribution is -2.32. The zero-order valence-corrected chi connectivity index (χ0v) is 11.7. The first-order valence-corrected chi connectivity index (χ1v) is 7.39. The number of thioether (sulfide) groups is 1. The zero-order chi connectivity index (χ0) is 12.4. The lowest BCUT2D eigenvalue weighted by atomic mass is 9.97. The van der Waals surface area contributed by atoms with Crippen LogP contribution in [-0.2, 0) is 5.75 Å². The molecule has 17 heavy (non-hydrogen) atoms. The summed E-state index contributed by atoms with van der Waals surface area (Å²) in [5.41, 5.74) is 1.85. The van der Waals surface area contributed by atoms with Crippen LogP contribution < -0.4 is 5.32 Å². The second kappa shape index (κ2) is 5.59. The number of benzene rings is 1.